The van der Waals surface area contributed by atoms with Crippen LogP contribution in [0.15, 0.2) is 35.5 Å². The van der Waals surface area contributed by atoms with Crippen LogP contribution < -0.4 is 0 Å². The number of hydrogen-bond acceptors (Lipinski definition) is 2. The number of carbonyl (C=O) groups excluding carboxylic acids is 2. The molecule has 0 unspecified atom stereocenters. The molecule has 2 heteroatoms. The van der Waals surface area contributed by atoms with Crippen molar-refractivity contribution < 1.29 is 9.59 Å². The van der Waals surface area contributed by atoms with E-state index < -0.39 is 0 Å². The number of fused-ring (bicyclic) bond motifs is 5. The van der Waals surface area contributed by atoms with E-state index in [1.54, 1.807) is 6.08 Å². The zero-order chi connectivity index (χ0) is 13.9. The molecule has 0 spiro atoms. The minimum Gasteiger partial charge on any atom is -0.299 e. The van der Waals surface area contributed by atoms with E-state index in [0.29, 0.717) is 30.0 Å². The minimum atomic E-state index is -0.109. The van der Waals surface area contributed by atoms with Gasteiger partial charge >= 0.3 is 0 Å². The third kappa shape index (κ3) is 1.51. The van der Waals surface area contributed by atoms with Crippen molar-refractivity contribution in [3.8, 4) is 0 Å². The van der Waals surface area contributed by atoms with E-state index in [4.69, 9.17) is 0 Å². The van der Waals surface area contributed by atoms with Crippen molar-refractivity contribution in [2.45, 2.75) is 39.0 Å². The SMILES string of the molecule is C[C@]12CC[C@H]3C(=CC=C4CC(=O)C=C[C@@H]43)[C@@H]1CCC2=O. The van der Waals surface area contributed by atoms with Crippen LogP contribution in [0.4, 0.5) is 0 Å². The Hall–Kier alpha value is -1.44. The van der Waals surface area contributed by atoms with Crippen LogP contribution in [0.1, 0.15) is 39.0 Å². The van der Waals surface area contributed by atoms with Gasteiger partial charge in [0, 0.05) is 24.2 Å². The Balaban J connectivity index is 1.75. The van der Waals surface area contributed by atoms with Crippen LogP contribution in [0.3, 0.4) is 0 Å². The maximum absolute atomic E-state index is 12.2. The summed E-state index contributed by atoms with van der Waals surface area (Å²) >= 11 is 0. The van der Waals surface area contributed by atoms with E-state index in [0.717, 1.165) is 25.7 Å². The van der Waals surface area contributed by atoms with Gasteiger partial charge in [0.25, 0.3) is 0 Å². The number of ketones is 2. The molecule has 0 aromatic carbocycles. The molecule has 4 atom stereocenters. The summed E-state index contributed by atoms with van der Waals surface area (Å²) in [6, 6.07) is 0. The van der Waals surface area contributed by atoms with Crippen LogP contribution in [0.5, 0.6) is 0 Å². The van der Waals surface area contributed by atoms with Crippen molar-refractivity contribution in [2.24, 2.45) is 23.2 Å². The highest BCUT2D eigenvalue weighted by molar-refractivity contribution is 5.93. The highest BCUT2D eigenvalue weighted by Gasteiger charge is 2.52. The van der Waals surface area contributed by atoms with Crippen molar-refractivity contribution in [2.75, 3.05) is 0 Å². The Morgan fingerprint density at radius 3 is 2.90 bits per heavy atom. The lowest BCUT2D eigenvalue weighted by atomic mass is 9.57. The average molecular weight is 268 g/mol. The summed E-state index contributed by atoms with van der Waals surface area (Å²) in [5.41, 5.74) is 2.65. The van der Waals surface area contributed by atoms with E-state index in [2.05, 4.69) is 25.2 Å². The molecule has 0 aromatic rings. The molecule has 0 N–H and O–H groups in total. The number of carbonyl (C=O) groups is 2. The second kappa shape index (κ2) is 4.03. The first-order valence-corrected chi connectivity index (χ1v) is 7.74. The fourth-order valence-corrected chi connectivity index (χ4v) is 4.91. The van der Waals surface area contributed by atoms with E-state index in [-0.39, 0.29) is 11.2 Å². The quantitative estimate of drug-likeness (QED) is 0.675. The van der Waals surface area contributed by atoms with Gasteiger partial charge in [0.15, 0.2) is 5.78 Å². The van der Waals surface area contributed by atoms with E-state index >= 15 is 0 Å². The Morgan fingerprint density at radius 1 is 1.20 bits per heavy atom. The molecular formula is C18H20O2. The van der Waals surface area contributed by atoms with Gasteiger partial charge in [0.1, 0.15) is 5.78 Å². The smallest absolute Gasteiger partial charge is 0.159 e. The third-order valence-electron chi connectivity index (χ3n) is 6.09. The lowest BCUT2D eigenvalue weighted by molar-refractivity contribution is -0.127. The number of allylic oxidation sites excluding steroid dienone is 6. The summed E-state index contributed by atoms with van der Waals surface area (Å²) in [6.07, 6.45) is 12.7. The predicted octanol–water partition coefficient (Wildman–Crippen LogP) is 3.39. The van der Waals surface area contributed by atoms with Crippen LogP contribution in [-0.2, 0) is 9.59 Å². The first-order valence-electron chi connectivity index (χ1n) is 7.74. The number of hydrogen-bond donors (Lipinski definition) is 0. The van der Waals surface area contributed by atoms with E-state index in [9.17, 15) is 9.59 Å². The number of rotatable bonds is 0. The summed E-state index contributed by atoms with van der Waals surface area (Å²) in [5.74, 6) is 2.07. The summed E-state index contributed by atoms with van der Waals surface area (Å²) in [6.45, 7) is 2.17. The Morgan fingerprint density at radius 2 is 2.05 bits per heavy atom. The Kier molecular flexibility index (Phi) is 2.48. The molecule has 2 nitrogen and oxygen atoms in total. The number of Topliss-reactive ketones (excluding diaryl/α,β-unsaturated/α-hetero) is 1. The van der Waals surface area contributed by atoms with E-state index in [1.165, 1.54) is 11.1 Å². The minimum absolute atomic E-state index is 0.109. The lowest BCUT2D eigenvalue weighted by Crippen LogP contribution is -2.40. The fraction of sp³-hybridized carbons (Fsp3) is 0.556. The molecule has 0 heterocycles. The van der Waals surface area contributed by atoms with Crippen LogP contribution >= 0.6 is 0 Å². The van der Waals surface area contributed by atoms with Crippen LogP contribution in [0, 0.1) is 23.2 Å². The first-order chi connectivity index (χ1) is 9.59. The molecular weight excluding hydrogens is 248 g/mol. The molecule has 0 aromatic heterocycles. The molecule has 20 heavy (non-hydrogen) atoms. The largest absolute Gasteiger partial charge is 0.299 e. The van der Waals surface area contributed by atoms with Crippen molar-refractivity contribution in [3.63, 3.8) is 0 Å². The fourth-order valence-electron chi connectivity index (χ4n) is 4.91. The zero-order valence-electron chi connectivity index (χ0n) is 11.9. The summed E-state index contributed by atoms with van der Waals surface area (Å²) in [7, 11) is 0. The molecule has 0 saturated heterocycles. The van der Waals surface area contributed by atoms with E-state index in [1.807, 2.05) is 0 Å². The van der Waals surface area contributed by atoms with Gasteiger partial charge in [0.05, 0.1) is 0 Å². The molecule has 4 rings (SSSR count). The molecule has 4 aliphatic carbocycles. The van der Waals surface area contributed by atoms with Gasteiger partial charge in [-0.3, -0.25) is 9.59 Å². The van der Waals surface area contributed by atoms with Gasteiger partial charge in [-0.25, -0.2) is 0 Å². The topological polar surface area (TPSA) is 34.1 Å². The zero-order valence-corrected chi connectivity index (χ0v) is 11.9. The molecule has 0 amide bonds. The molecule has 0 aliphatic heterocycles. The third-order valence-corrected chi connectivity index (χ3v) is 6.09. The summed E-state index contributed by atoms with van der Waals surface area (Å²) in [4.78, 5) is 23.8. The lowest BCUT2D eigenvalue weighted by Gasteiger charge is -2.46. The van der Waals surface area contributed by atoms with Crippen LogP contribution in [-0.4, -0.2) is 11.6 Å². The highest BCUT2D eigenvalue weighted by atomic mass is 16.1. The second-order valence-electron chi connectivity index (χ2n) is 7.01. The second-order valence-corrected chi connectivity index (χ2v) is 7.01. The van der Waals surface area contributed by atoms with Crippen molar-refractivity contribution in [1.29, 1.82) is 0 Å². The monoisotopic (exact) mass is 268 g/mol. The summed E-state index contributed by atoms with van der Waals surface area (Å²) < 4.78 is 0. The van der Waals surface area contributed by atoms with Crippen LogP contribution in [0.25, 0.3) is 0 Å². The molecule has 104 valence electrons. The van der Waals surface area contributed by atoms with Crippen LogP contribution in [0.2, 0.25) is 0 Å². The Labute approximate surface area is 119 Å². The van der Waals surface area contributed by atoms with Crippen molar-refractivity contribution in [1.82, 2.24) is 0 Å². The normalized spacial score (nSPS) is 42.5. The Bertz CT molecular complexity index is 593. The van der Waals surface area contributed by atoms with Gasteiger partial charge in [-0.05, 0) is 37.2 Å². The maximum atomic E-state index is 12.2. The molecule has 4 aliphatic rings. The van der Waals surface area contributed by atoms with Crippen molar-refractivity contribution >= 4 is 11.6 Å². The van der Waals surface area contributed by atoms with Gasteiger partial charge in [0.2, 0.25) is 0 Å². The first kappa shape index (κ1) is 12.3. The predicted molar refractivity (Wildman–Crippen MR) is 77.0 cm³/mol. The van der Waals surface area contributed by atoms with Gasteiger partial charge < -0.3 is 0 Å². The molecule has 2 saturated carbocycles. The highest BCUT2D eigenvalue weighted by Crippen LogP contribution is 2.57. The summed E-state index contributed by atoms with van der Waals surface area (Å²) in [5, 5.41) is 0. The average Bonchev–Trinajstić information content (AvgIpc) is 2.74. The van der Waals surface area contributed by atoms with Gasteiger partial charge in [-0.2, -0.15) is 0 Å². The standard InChI is InChI=1S/C18H20O2/c1-18-9-8-14-13-5-3-12(19)10-11(13)2-4-15(14)16(18)6-7-17(18)20/h2-5,13-14,16H,6-10H2,1H3/t13-,14+,16-,18-/m0/s1. The molecule has 2 fully saturated rings. The van der Waals surface area contributed by atoms with Gasteiger partial charge in [-0.15, -0.1) is 0 Å². The maximum Gasteiger partial charge on any atom is 0.159 e. The van der Waals surface area contributed by atoms with Gasteiger partial charge in [-0.1, -0.05) is 36.3 Å². The molecule has 0 bridgehead atoms. The molecule has 0 radical (unpaired) electrons. The van der Waals surface area contributed by atoms with Crippen molar-refractivity contribution in [3.05, 3.63) is 35.5 Å².